The minimum Gasteiger partial charge on any atom is -0.497 e. The number of anilines is 1. The normalized spacial score (nSPS) is 20.3. The van der Waals surface area contributed by atoms with Gasteiger partial charge in [-0.25, -0.2) is 4.79 Å². The minimum absolute atomic E-state index is 0.229. The highest BCUT2D eigenvalue weighted by Crippen LogP contribution is 2.41. The summed E-state index contributed by atoms with van der Waals surface area (Å²) in [6, 6.07) is 11.8. The SMILES string of the molecule is COc1ccc(C2N(c3ccc(C(F)(F)F)cc3)C(=O)N3CCCN23)cc1. The summed E-state index contributed by atoms with van der Waals surface area (Å²) in [6.07, 6.45) is -3.95. The Hall–Kier alpha value is -2.74. The van der Waals surface area contributed by atoms with Gasteiger partial charge in [0.15, 0.2) is 0 Å². The highest BCUT2D eigenvalue weighted by Gasteiger charge is 2.47. The highest BCUT2D eigenvalue weighted by molar-refractivity contribution is 5.94. The number of hydrogen-bond acceptors (Lipinski definition) is 3. The summed E-state index contributed by atoms with van der Waals surface area (Å²) in [5.74, 6) is 0.697. The van der Waals surface area contributed by atoms with Gasteiger partial charge in [-0.05, 0) is 48.4 Å². The molecule has 8 heteroatoms. The fourth-order valence-corrected chi connectivity index (χ4v) is 3.61. The van der Waals surface area contributed by atoms with Gasteiger partial charge in [-0.15, -0.1) is 0 Å². The zero-order valence-electron chi connectivity index (χ0n) is 14.6. The Bertz CT molecular complexity index is 837. The highest BCUT2D eigenvalue weighted by atomic mass is 19.4. The standard InChI is InChI=1S/C19H18F3N3O2/c1-27-16-9-3-13(4-10-16)17-23-11-2-12-24(23)18(26)25(17)15-7-5-14(6-8-15)19(20,21)22/h3-10,17H,2,11-12H2,1H3. The lowest BCUT2D eigenvalue weighted by atomic mass is 10.1. The van der Waals surface area contributed by atoms with E-state index in [1.54, 1.807) is 17.0 Å². The van der Waals surface area contributed by atoms with Crippen LogP contribution in [-0.4, -0.2) is 36.2 Å². The molecule has 0 N–H and O–H groups in total. The number of halogens is 3. The van der Waals surface area contributed by atoms with E-state index in [2.05, 4.69) is 0 Å². The molecule has 4 rings (SSSR count). The first-order valence-electron chi connectivity index (χ1n) is 8.58. The van der Waals surface area contributed by atoms with Crippen LogP contribution in [0, 0.1) is 0 Å². The predicted octanol–water partition coefficient (Wildman–Crippen LogP) is 4.28. The van der Waals surface area contributed by atoms with Gasteiger partial charge in [0.25, 0.3) is 0 Å². The maximum atomic E-state index is 12.9. The van der Waals surface area contributed by atoms with Crippen molar-refractivity contribution in [1.82, 2.24) is 10.0 Å². The monoisotopic (exact) mass is 377 g/mol. The van der Waals surface area contributed by atoms with E-state index in [0.717, 1.165) is 24.1 Å². The minimum atomic E-state index is -4.41. The number of hydrogen-bond donors (Lipinski definition) is 0. The molecule has 2 heterocycles. The number of alkyl halides is 3. The van der Waals surface area contributed by atoms with Crippen molar-refractivity contribution >= 4 is 11.7 Å². The zero-order chi connectivity index (χ0) is 19.2. The first-order chi connectivity index (χ1) is 12.9. The summed E-state index contributed by atoms with van der Waals surface area (Å²) >= 11 is 0. The van der Waals surface area contributed by atoms with Crippen molar-refractivity contribution in [2.75, 3.05) is 25.1 Å². The van der Waals surface area contributed by atoms with E-state index in [-0.39, 0.29) is 6.03 Å². The molecular weight excluding hydrogens is 359 g/mol. The lowest BCUT2D eigenvalue weighted by molar-refractivity contribution is -0.137. The van der Waals surface area contributed by atoms with Crippen LogP contribution in [0.4, 0.5) is 23.7 Å². The summed E-state index contributed by atoms with van der Waals surface area (Å²) < 4.78 is 43.8. The van der Waals surface area contributed by atoms with E-state index in [1.807, 2.05) is 29.3 Å². The third-order valence-corrected chi connectivity index (χ3v) is 4.91. The Labute approximate surface area is 154 Å². The van der Waals surface area contributed by atoms with E-state index >= 15 is 0 Å². The average Bonchev–Trinajstić information content (AvgIpc) is 3.23. The van der Waals surface area contributed by atoms with Crippen molar-refractivity contribution in [2.24, 2.45) is 0 Å². The summed E-state index contributed by atoms with van der Waals surface area (Å²) in [5, 5.41) is 3.62. The number of amides is 2. The summed E-state index contributed by atoms with van der Waals surface area (Å²) in [7, 11) is 1.57. The van der Waals surface area contributed by atoms with E-state index in [0.29, 0.717) is 24.5 Å². The second-order valence-electron chi connectivity index (χ2n) is 6.48. The molecule has 27 heavy (non-hydrogen) atoms. The Kier molecular flexibility index (Phi) is 4.22. The van der Waals surface area contributed by atoms with Crippen LogP contribution in [0.3, 0.4) is 0 Å². The largest absolute Gasteiger partial charge is 0.497 e. The van der Waals surface area contributed by atoms with E-state index in [1.165, 1.54) is 12.1 Å². The summed E-state index contributed by atoms with van der Waals surface area (Å²) in [6.45, 7) is 1.31. The number of urea groups is 1. The van der Waals surface area contributed by atoms with Crippen LogP contribution in [0.5, 0.6) is 5.75 Å². The number of rotatable bonds is 3. The number of fused-ring (bicyclic) bond motifs is 1. The molecule has 2 saturated heterocycles. The van der Waals surface area contributed by atoms with Crippen LogP contribution in [0.1, 0.15) is 23.7 Å². The molecule has 2 aromatic rings. The maximum absolute atomic E-state index is 12.9. The number of benzene rings is 2. The van der Waals surface area contributed by atoms with Crippen molar-refractivity contribution in [3.05, 3.63) is 59.7 Å². The number of carbonyl (C=O) groups is 1. The third kappa shape index (κ3) is 2.99. The number of ether oxygens (including phenoxy) is 1. The number of carbonyl (C=O) groups excluding carboxylic acids is 1. The number of hydrazine groups is 1. The van der Waals surface area contributed by atoms with E-state index in [4.69, 9.17) is 4.74 Å². The van der Waals surface area contributed by atoms with E-state index < -0.39 is 17.9 Å². The zero-order valence-corrected chi connectivity index (χ0v) is 14.6. The second kappa shape index (κ2) is 6.45. The molecule has 142 valence electrons. The molecule has 0 radical (unpaired) electrons. The van der Waals surface area contributed by atoms with Gasteiger partial charge in [-0.3, -0.25) is 9.91 Å². The predicted molar refractivity (Wildman–Crippen MR) is 93.1 cm³/mol. The van der Waals surface area contributed by atoms with Crippen LogP contribution < -0.4 is 9.64 Å². The van der Waals surface area contributed by atoms with Crippen LogP contribution in [-0.2, 0) is 6.18 Å². The topological polar surface area (TPSA) is 36.0 Å². The Morgan fingerprint density at radius 2 is 1.67 bits per heavy atom. The van der Waals surface area contributed by atoms with Gasteiger partial charge in [0.05, 0.1) is 12.7 Å². The fourth-order valence-electron chi connectivity index (χ4n) is 3.61. The van der Waals surface area contributed by atoms with Gasteiger partial charge in [-0.2, -0.15) is 18.2 Å². The van der Waals surface area contributed by atoms with Crippen molar-refractivity contribution in [3.63, 3.8) is 0 Å². The number of methoxy groups -OCH3 is 1. The molecule has 0 bridgehead atoms. The maximum Gasteiger partial charge on any atom is 0.416 e. The van der Waals surface area contributed by atoms with Crippen LogP contribution in [0.2, 0.25) is 0 Å². The quantitative estimate of drug-likeness (QED) is 0.801. The van der Waals surface area contributed by atoms with Crippen LogP contribution >= 0.6 is 0 Å². The molecule has 2 fully saturated rings. The number of nitrogens with zero attached hydrogens (tertiary/aromatic N) is 3. The Morgan fingerprint density at radius 3 is 2.26 bits per heavy atom. The van der Waals surface area contributed by atoms with Crippen LogP contribution in [0.15, 0.2) is 48.5 Å². The van der Waals surface area contributed by atoms with Crippen LogP contribution in [0.25, 0.3) is 0 Å². The van der Waals surface area contributed by atoms with Gasteiger partial charge in [-0.1, -0.05) is 12.1 Å². The molecule has 5 nitrogen and oxygen atoms in total. The van der Waals surface area contributed by atoms with E-state index in [9.17, 15) is 18.0 Å². The van der Waals surface area contributed by atoms with Crippen molar-refractivity contribution in [3.8, 4) is 5.75 Å². The molecule has 0 aliphatic carbocycles. The van der Waals surface area contributed by atoms with Crippen molar-refractivity contribution in [2.45, 2.75) is 18.8 Å². The molecule has 2 aliphatic heterocycles. The second-order valence-corrected chi connectivity index (χ2v) is 6.48. The molecule has 2 amide bonds. The lowest BCUT2D eigenvalue weighted by Gasteiger charge is -2.28. The first-order valence-corrected chi connectivity index (χ1v) is 8.58. The lowest BCUT2D eigenvalue weighted by Crippen LogP contribution is -2.32. The molecule has 0 aromatic heterocycles. The smallest absolute Gasteiger partial charge is 0.416 e. The first kappa shape index (κ1) is 17.7. The summed E-state index contributed by atoms with van der Waals surface area (Å²) in [5.41, 5.74) is 0.566. The molecule has 2 aromatic carbocycles. The van der Waals surface area contributed by atoms with Gasteiger partial charge < -0.3 is 4.74 Å². The molecule has 0 saturated carbocycles. The summed E-state index contributed by atoms with van der Waals surface area (Å²) in [4.78, 5) is 14.5. The Morgan fingerprint density at radius 1 is 1.00 bits per heavy atom. The van der Waals surface area contributed by atoms with Crippen molar-refractivity contribution in [1.29, 1.82) is 0 Å². The van der Waals surface area contributed by atoms with Gasteiger partial charge in [0, 0.05) is 18.8 Å². The van der Waals surface area contributed by atoms with Gasteiger partial charge in [0.1, 0.15) is 11.9 Å². The fraction of sp³-hybridized carbons (Fsp3) is 0.316. The Balaban J connectivity index is 1.73. The van der Waals surface area contributed by atoms with Crippen molar-refractivity contribution < 1.29 is 22.7 Å². The molecule has 2 aliphatic rings. The molecular formula is C19H18F3N3O2. The van der Waals surface area contributed by atoms with Gasteiger partial charge in [0.2, 0.25) is 0 Å². The van der Waals surface area contributed by atoms with Gasteiger partial charge >= 0.3 is 12.2 Å². The molecule has 0 spiro atoms. The third-order valence-electron chi connectivity index (χ3n) is 4.91. The average molecular weight is 377 g/mol. The molecule has 1 unspecified atom stereocenters. The molecule has 1 atom stereocenters.